The highest BCUT2D eigenvalue weighted by Crippen LogP contribution is 2.29. The van der Waals surface area contributed by atoms with Crippen LogP contribution in [0.3, 0.4) is 0 Å². The summed E-state index contributed by atoms with van der Waals surface area (Å²) in [5.41, 5.74) is 2.20. The molecule has 4 aromatic rings. The summed E-state index contributed by atoms with van der Waals surface area (Å²) in [6.45, 7) is 2.89. The maximum absolute atomic E-state index is 11.7. The van der Waals surface area contributed by atoms with Crippen LogP contribution in [-0.4, -0.2) is 28.2 Å². The standard InChI is InChI=1S/C20H20ClN5O3S2/c1-2-3-9-26-17-8-7-15(31(22,27)28)11-16(17)23-18(26)12-30-20-25-24-19(29-20)13-5-4-6-14(21)10-13/h4-8,10-11H,2-3,9,12H2,1H3,(H2,22,27,28). The third-order valence-electron chi connectivity index (χ3n) is 4.67. The van der Waals surface area contributed by atoms with Gasteiger partial charge in [-0.1, -0.05) is 42.8 Å². The Kier molecular flexibility index (Phi) is 6.33. The van der Waals surface area contributed by atoms with Gasteiger partial charge in [0.25, 0.3) is 5.22 Å². The quantitative estimate of drug-likeness (QED) is 0.372. The largest absolute Gasteiger partial charge is 0.411 e. The van der Waals surface area contributed by atoms with E-state index >= 15 is 0 Å². The van der Waals surface area contributed by atoms with Crippen LogP contribution in [0.5, 0.6) is 0 Å². The summed E-state index contributed by atoms with van der Waals surface area (Å²) < 4.78 is 31.2. The van der Waals surface area contributed by atoms with Crippen LogP contribution < -0.4 is 5.14 Å². The summed E-state index contributed by atoms with van der Waals surface area (Å²) in [7, 11) is -3.79. The van der Waals surface area contributed by atoms with Crippen molar-refractivity contribution in [3.05, 3.63) is 53.3 Å². The first-order chi connectivity index (χ1) is 14.8. The monoisotopic (exact) mass is 477 g/mol. The first-order valence-corrected chi connectivity index (χ1v) is 12.5. The summed E-state index contributed by atoms with van der Waals surface area (Å²) in [6, 6.07) is 12.0. The number of nitrogens with zero attached hydrogens (tertiary/aromatic N) is 4. The van der Waals surface area contributed by atoms with E-state index in [9.17, 15) is 8.42 Å². The molecule has 0 saturated heterocycles. The van der Waals surface area contributed by atoms with Gasteiger partial charge in [0.15, 0.2) is 0 Å². The van der Waals surface area contributed by atoms with Gasteiger partial charge in [0, 0.05) is 17.1 Å². The van der Waals surface area contributed by atoms with Crippen LogP contribution >= 0.6 is 23.4 Å². The second-order valence-electron chi connectivity index (χ2n) is 6.90. The van der Waals surface area contributed by atoms with Crippen molar-refractivity contribution in [3.8, 4) is 11.5 Å². The maximum Gasteiger partial charge on any atom is 0.277 e. The molecule has 2 heterocycles. The lowest BCUT2D eigenvalue weighted by molar-refractivity contribution is 0.465. The lowest BCUT2D eigenvalue weighted by atomic mass is 10.2. The topological polar surface area (TPSA) is 117 Å². The molecule has 0 aliphatic carbocycles. The predicted octanol–water partition coefficient (Wildman–Crippen LogP) is 4.48. The SMILES string of the molecule is CCCCn1c(CSc2nnc(-c3cccc(Cl)c3)o2)nc2cc(S(N)(=O)=O)ccc21. The molecule has 0 radical (unpaired) electrons. The van der Waals surface area contributed by atoms with Gasteiger partial charge in [-0.05, 0) is 42.8 Å². The van der Waals surface area contributed by atoms with Crippen LogP contribution in [0, 0.1) is 0 Å². The number of rotatable bonds is 8. The van der Waals surface area contributed by atoms with Crippen molar-refractivity contribution in [2.45, 2.75) is 42.2 Å². The van der Waals surface area contributed by atoms with E-state index < -0.39 is 10.0 Å². The van der Waals surface area contributed by atoms with Gasteiger partial charge in [0.05, 0.1) is 21.7 Å². The number of hydrogen-bond acceptors (Lipinski definition) is 7. The van der Waals surface area contributed by atoms with E-state index in [0.29, 0.717) is 27.4 Å². The van der Waals surface area contributed by atoms with Gasteiger partial charge in [0.1, 0.15) is 5.82 Å². The average Bonchev–Trinajstić information content (AvgIpc) is 3.34. The minimum atomic E-state index is -3.79. The fourth-order valence-electron chi connectivity index (χ4n) is 3.14. The summed E-state index contributed by atoms with van der Waals surface area (Å²) in [4.78, 5) is 4.69. The van der Waals surface area contributed by atoms with Gasteiger partial charge in [-0.2, -0.15) is 0 Å². The Morgan fingerprint density at radius 3 is 2.77 bits per heavy atom. The number of aromatic nitrogens is 4. The molecule has 2 aromatic carbocycles. The lowest BCUT2D eigenvalue weighted by Gasteiger charge is -2.07. The zero-order valence-electron chi connectivity index (χ0n) is 16.7. The molecule has 0 amide bonds. The molecular formula is C20H20ClN5O3S2. The fraction of sp³-hybridized carbons (Fsp3) is 0.250. The Morgan fingerprint density at radius 2 is 2.03 bits per heavy atom. The minimum Gasteiger partial charge on any atom is -0.411 e. The smallest absolute Gasteiger partial charge is 0.277 e. The van der Waals surface area contributed by atoms with Crippen molar-refractivity contribution in [2.24, 2.45) is 5.14 Å². The number of thioether (sulfide) groups is 1. The van der Waals surface area contributed by atoms with Crippen molar-refractivity contribution in [1.82, 2.24) is 19.7 Å². The number of sulfonamides is 1. The van der Waals surface area contributed by atoms with E-state index in [0.717, 1.165) is 36.3 Å². The van der Waals surface area contributed by atoms with E-state index in [2.05, 4.69) is 26.7 Å². The first-order valence-electron chi connectivity index (χ1n) is 9.59. The molecule has 0 atom stereocenters. The van der Waals surface area contributed by atoms with Gasteiger partial charge in [-0.15, -0.1) is 10.2 Å². The number of fused-ring (bicyclic) bond motifs is 1. The van der Waals surface area contributed by atoms with Gasteiger partial charge in [0.2, 0.25) is 15.9 Å². The minimum absolute atomic E-state index is 0.0439. The summed E-state index contributed by atoms with van der Waals surface area (Å²) >= 11 is 7.39. The number of benzene rings is 2. The zero-order chi connectivity index (χ0) is 22.0. The molecule has 31 heavy (non-hydrogen) atoms. The van der Waals surface area contributed by atoms with Crippen LogP contribution in [-0.2, 0) is 22.3 Å². The average molecular weight is 478 g/mol. The third-order valence-corrected chi connectivity index (χ3v) is 6.63. The van der Waals surface area contributed by atoms with Crippen molar-refractivity contribution >= 4 is 44.4 Å². The fourth-order valence-corrected chi connectivity index (χ4v) is 4.58. The highest BCUT2D eigenvalue weighted by atomic mass is 35.5. The molecule has 8 nitrogen and oxygen atoms in total. The van der Waals surface area contributed by atoms with Crippen molar-refractivity contribution in [2.75, 3.05) is 0 Å². The van der Waals surface area contributed by atoms with Crippen molar-refractivity contribution < 1.29 is 12.8 Å². The Balaban J connectivity index is 1.60. The number of primary sulfonamides is 1. The van der Waals surface area contributed by atoms with Gasteiger partial charge < -0.3 is 8.98 Å². The maximum atomic E-state index is 11.7. The van der Waals surface area contributed by atoms with E-state index in [1.165, 1.54) is 23.9 Å². The highest BCUT2D eigenvalue weighted by molar-refractivity contribution is 7.98. The van der Waals surface area contributed by atoms with E-state index in [-0.39, 0.29) is 4.90 Å². The summed E-state index contributed by atoms with van der Waals surface area (Å²) in [5.74, 6) is 1.67. The molecule has 0 spiro atoms. The van der Waals surface area contributed by atoms with E-state index in [1.54, 1.807) is 18.2 Å². The molecule has 0 aliphatic heterocycles. The Labute approximate surface area is 188 Å². The van der Waals surface area contributed by atoms with Gasteiger partial charge in [-0.3, -0.25) is 0 Å². The Hall–Kier alpha value is -2.40. The molecule has 0 bridgehead atoms. The van der Waals surface area contributed by atoms with Crippen LogP contribution in [0.15, 0.2) is 57.0 Å². The molecule has 4 rings (SSSR count). The predicted molar refractivity (Wildman–Crippen MR) is 120 cm³/mol. The second-order valence-corrected chi connectivity index (χ2v) is 9.83. The first kappa shape index (κ1) is 21.8. The lowest BCUT2D eigenvalue weighted by Crippen LogP contribution is -2.11. The molecule has 2 aromatic heterocycles. The van der Waals surface area contributed by atoms with Gasteiger partial charge >= 0.3 is 0 Å². The molecule has 0 fully saturated rings. The molecule has 2 N–H and O–H groups in total. The van der Waals surface area contributed by atoms with Crippen molar-refractivity contribution in [3.63, 3.8) is 0 Å². The van der Waals surface area contributed by atoms with Crippen LogP contribution in [0.2, 0.25) is 5.02 Å². The van der Waals surface area contributed by atoms with E-state index in [4.69, 9.17) is 21.2 Å². The summed E-state index contributed by atoms with van der Waals surface area (Å²) in [6.07, 6.45) is 1.99. The van der Waals surface area contributed by atoms with Crippen LogP contribution in [0.4, 0.5) is 0 Å². The normalized spacial score (nSPS) is 12.0. The number of nitrogens with two attached hydrogens (primary N) is 1. The van der Waals surface area contributed by atoms with Crippen LogP contribution in [0.25, 0.3) is 22.5 Å². The number of aryl methyl sites for hydroxylation is 1. The van der Waals surface area contributed by atoms with Gasteiger partial charge in [-0.25, -0.2) is 18.5 Å². The summed E-state index contributed by atoms with van der Waals surface area (Å²) in [5, 5.41) is 14.5. The van der Waals surface area contributed by atoms with E-state index in [1.807, 2.05) is 12.1 Å². The zero-order valence-corrected chi connectivity index (χ0v) is 19.0. The number of imidazole rings is 1. The Morgan fingerprint density at radius 1 is 1.19 bits per heavy atom. The molecule has 11 heteroatoms. The highest BCUT2D eigenvalue weighted by Gasteiger charge is 2.16. The molecular weight excluding hydrogens is 458 g/mol. The number of unbranched alkanes of at least 4 members (excludes halogenated alkanes) is 1. The number of halogens is 1. The van der Waals surface area contributed by atoms with Crippen molar-refractivity contribution in [1.29, 1.82) is 0 Å². The second kappa shape index (κ2) is 8.99. The third kappa shape index (κ3) is 4.93. The molecule has 162 valence electrons. The number of hydrogen-bond donors (Lipinski definition) is 1. The Bertz CT molecular complexity index is 1330. The molecule has 0 aliphatic rings. The van der Waals surface area contributed by atoms with Crippen LogP contribution in [0.1, 0.15) is 25.6 Å². The molecule has 0 unspecified atom stereocenters. The molecule has 0 saturated carbocycles.